The van der Waals surface area contributed by atoms with Crippen LogP contribution in [0.15, 0.2) is 10.6 Å². The molecule has 2 saturated heterocycles. The van der Waals surface area contributed by atoms with Crippen LogP contribution >= 0.6 is 0 Å². The zero-order chi connectivity index (χ0) is 20.8. The number of aromatic nitrogens is 4. The first-order valence-electron chi connectivity index (χ1n) is 9.78. The largest absolute Gasteiger partial charge is 0.339 e. The molecule has 2 aliphatic heterocycles. The van der Waals surface area contributed by atoms with E-state index in [9.17, 15) is 13.2 Å². The van der Waals surface area contributed by atoms with Crippen LogP contribution in [0.1, 0.15) is 46.7 Å². The van der Waals surface area contributed by atoms with Gasteiger partial charge in [0, 0.05) is 57.2 Å². The summed E-state index contributed by atoms with van der Waals surface area (Å²) in [5, 5.41) is 8.35. The van der Waals surface area contributed by atoms with Gasteiger partial charge < -0.3 is 9.42 Å². The van der Waals surface area contributed by atoms with Crippen molar-refractivity contribution < 1.29 is 17.7 Å². The van der Waals surface area contributed by atoms with E-state index < -0.39 is 10.0 Å². The lowest BCUT2D eigenvalue weighted by Crippen LogP contribution is -2.50. The van der Waals surface area contributed by atoms with E-state index >= 15 is 0 Å². The maximum atomic E-state index is 12.5. The van der Waals surface area contributed by atoms with Gasteiger partial charge in [-0.15, -0.1) is 0 Å². The molecule has 158 valence electrons. The number of rotatable bonds is 5. The molecular formula is C18H26N6O4S. The first-order chi connectivity index (χ1) is 13.7. The van der Waals surface area contributed by atoms with Gasteiger partial charge in [0.15, 0.2) is 11.5 Å². The van der Waals surface area contributed by atoms with Gasteiger partial charge in [-0.05, 0) is 25.8 Å². The predicted octanol–water partition coefficient (Wildman–Crippen LogP) is 0.565. The Hall–Kier alpha value is -2.27. The summed E-state index contributed by atoms with van der Waals surface area (Å²) in [4.78, 5) is 18.8. The lowest BCUT2D eigenvalue weighted by atomic mass is 9.95. The van der Waals surface area contributed by atoms with E-state index in [1.807, 2.05) is 14.0 Å². The molecular weight excluding hydrogens is 396 g/mol. The molecule has 4 heterocycles. The van der Waals surface area contributed by atoms with Crippen LogP contribution in [0.25, 0.3) is 0 Å². The van der Waals surface area contributed by atoms with Crippen molar-refractivity contribution in [3.8, 4) is 0 Å². The van der Waals surface area contributed by atoms with E-state index in [2.05, 4.69) is 15.2 Å². The molecule has 2 aliphatic rings. The highest BCUT2D eigenvalue weighted by molar-refractivity contribution is 7.88. The summed E-state index contributed by atoms with van der Waals surface area (Å²) in [6.07, 6.45) is 3.27. The minimum Gasteiger partial charge on any atom is -0.339 e. The molecule has 0 radical (unpaired) electrons. The monoisotopic (exact) mass is 422 g/mol. The van der Waals surface area contributed by atoms with Crippen molar-refractivity contribution in [2.45, 2.75) is 32.1 Å². The van der Waals surface area contributed by atoms with Gasteiger partial charge >= 0.3 is 0 Å². The fourth-order valence-corrected chi connectivity index (χ4v) is 4.78. The smallest absolute Gasteiger partial charge is 0.274 e. The van der Waals surface area contributed by atoms with Crippen molar-refractivity contribution in [3.05, 3.63) is 29.2 Å². The van der Waals surface area contributed by atoms with Gasteiger partial charge in [-0.2, -0.15) is 10.1 Å². The maximum Gasteiger partial charge on any atom is 0.274 e. The normalized spacial score (nSPS) is 19.5. The molecule has 0 spiro atoms. The Morgan fingerprint density at radius 2 is 1.97 bits per heavy atom. The van der Waals surface area contributed by atoms with Crippen molar-refractivity contribution >= 4 is 15.9 Å². The average molecular weight is 423 g/mol. The highest BCUT2D eigenvalue weighted by atomic mass is 32.2. The summed E-state index contributed by atoms with van der Waals surface area (Å²) in [6, 6.07) is 1.80. The quantitative estimate of drug-likeness (QED) is 0.692. The number of hydrogen-bond acceptors (Lipinski definition) is 7. The number of carbonyl (C=O) groups is 1. The molecule has 0 aromatic carbocycles. The first kappa shape index (κ1) is 20.0. The van der Waals surface area contributed by atoms with Gasteiger partial charge in [0.05, 0.1) is 6.26 Å². The molecule has 0 atom stereocenters. The van der Waals surface area contributed by atoms with Gasteiger partial charge in [0.2, 0.25) is 15.9 Å². The van der Waals surface area contributed by atoms with Crippen LogP contribution in [-0.4, -0.2) is 75.9 Å². The van der Waals surface area contributed by atoms with Gasteiger partial charge in [0.1, 0.15) is 0 Å². The van der Waals surface area contributed by atoms with Crippen molar-refractivity contribution in [1.82, 2.24) is 29.1 Å². The number of nitrogens with zero attached hydrogens (tertiary/aromatic N) is 6. The SMILES string of the molecule is Cc1cc(C(=O)N2CC(Cc3nc(C4CCN(S(C)(=O)=O)CC4)no3)C2)nn1C. The Labute approximate surface area is 169 Å². The third-order valence-electron chi connectivity index (χ3n) is 5.81. The summed E-state index contributed by atoms with van der Waals surface area (Å²) < 4.78 is 31.8. The molecule has 1 amide bonds. The second-order valence-corrected chi connectivity index (χ2v) is 10.0. The highest BCUT2D eigenvalue weighted by Crippen LogP contribution is 2.28. The summed E-state index contributed by atoms with van der Waals surface area (Å²) in [6.45, 7) is 4.19. The van der Waals surface area contributed by atoms with Crippen LogP contribution in [-0.2, 0) is 23.5 Å². The van der Waals surface area contributed by atoms with E-state index in [-0.39, 0.29) is 11.8 Å². The summed E-state index contributed by atoms with van der Waals surface area (Å²) in [5.74, 6) is 1.61. The average Bonchev–Trinajstić information content (AvgIpc) is 3.24. The standard InChI is InChI=1S/C18H26N6O4S/c1-12-8-15(20-22(12)2)18(25)23-10-13(11-23)9-16-19-17(21-28-16)14-4-6-24(7-5-14)29(3,26)27/h8,13-14H,4-7,9-11H2,1-3H3. The fraction of sp³-hybridized carbons (Fsp3) is 0.667. The molecule has 0 bridgehead atoms. The first-order valence-corrected chi connectivity index (χ1v) is 11.6. The molecule has 10 nitrogen and oxygen atoms in total. The fourth-order valence-electron chi connectivity index (χ4n) is 3.90. The number of likely N-dealkylation sites (tertiary alicyclic amines) is 1. The number of hydrogen-bond donors (Lipinski definition) is 0. The number of amides is 1. The molecule has 0 saturated carbocycles. The van der Waals surface area contributed by atoms with E-state index in [0.717, 1.165) is 5.69 Å². The minimum atomic E-state index is -3.14. The number of aryl methyl sites for hydroxylation is 2. The summed E-state index contributed by atoms with van der Waals surface area (Å²) in [5.41, 5.74) is 1.43. The van der Waals surface area contributed by atoms with E-state index in [1.54, 1.807) is 15.6 Å². The molecule has 0 N–H and O–H groups in total. The van der Waals surface area contributed by atoms with Crippen molar-refractivity contribution in [2.24, 2.45) is 13.0 Å². The zero-order valence-corrected chi connectivity index (χ0v) is 17.7. The Morgan fingerprint density at radius 1 is 1.28 bits per heavy atom. The molecule has 4 rings (SSSR count). The van der Waals surface area contributed by atoms with Crippen molar-refractivity contribution in [3.63, 3.8) is 0 Å². The second kappa shape index (κ2) is 7.52. The molecule has 29 heavy (non-hydrogen) atoms. The van der Waals surface area contributed by atoms with E-state index in [4.69, 9.17) is 4.52 Å². The van der Waals surface area contributed by atoms with Crippen LogP contribution in [0.4, 0.5) is 0 Å². The summed E-state index contributed by atoms with van der Waals surface area (Å²) in [7, 11) is -1.32. The van der Waals surface area contributed by atoms with Crippen molar-refractivity contribution in [1.29, 1.82) is 0 Å². The van der Waals surface area contributed by atoms with E-state index in [0.29, 0.717) is 68.8 Å². The lowest BCUT2D eigenvalue weighted by molar-refractivity contribution is 0.0480. The number of carbonyl (C=O) groups excluding carboxylic acids is 1. The maximum absolute atomic E-state index is 12.5. The number of sulfonamides is 1. The molecule has 2 fully saturated rings. The Bertz CT molecular complexity index is 980. The van der Waals surface area contributed by atoms with Crippen LogP contribution in [0.2, 0.25) is 0 Å². The van der Waals surface area contributed by atoms with Gasteiger partial charge in [-0.25, -0.2) is 12.7 Å². The Kier molecular flexibility index (Phi) is 5.19. The summed E-state index contributed by atoms with van der Waals surface area (Å²) >= 11 is 0. The van der Waals surface area contributed by atoms with E-state index in [1.165, 1.54) is 10.6 Å². The van der Waals surface area contributed by atoms with Crippen LogP contribution < -0.4 is 0 Å². The Balaban J connectivity index is 1.27. The second-order valence-electron chi connectivity index (χ2n) is 8.06. The van der Waals surface area contributed by atoms with Crippen LogP contribution in [0.3, 0.4) is 0 Å². The Morgan fingerprint density at radius 3 is 2.55 bits per heavy atom. The van der Waals surface area contributed by atoms with Crippen LogP contribution in [0.5, 0.6) is 0 Å². The lowest BCUT2D eigenvalue weighted by Gasteiger charge is -2.38. The predicted molar refractivity (Wildman–Crippen MR) is 104 cm³/mol. The van der Waals surface area contributed by atoms with Gasteiger partial charge in [-0.3, -0.25) is 9.48 Å². The van der Waals surface area contributed by atoms with Gasteiger partial charge in [0.25, 0.3) is 5.91 Å². The third kappa shape index (κ3) is 4.20. The zero-order valence-electron chi connectivity index (χ0n) is 16.9. The molecule has 2 aromatic rings. The topological polar surface area (TPSA) is 114 Å². The minimum absolute atomic E-state index is 0.0474. The number of piperidine rings is 1. The molecule has 0 unspecified atom stereocenters. The van der Waals surface area contributed by atoms with Gasteiger partial charge in [-0.1, -0.05) is 5.16 Å². The molecule has 0 aliphatic carbocycles. The van der Waals surface area contributed by atoms with Crippen molar-refractivity contribution in [2.75, 3.05) is 32.4 Å². The highest BCUT2D eigenvalue weighted by Gasteiger charge is 2.34. The third-order valence-corrected chi connectivity index (χ3v) is 7.12. The molecule has 2 aromatic heterocycles. The van der Waals surface area contributed by atoms with Crippen LogP contribution in [0, 0.1) is 12.8 Å². The molecule has 11 heteroatoms.